The van der Waals surface area contributed by atoms with E-state index in [-0.39, 0.29) is 5.82 Å². The molecule has 0 aliphatic heterocycles. The lowest BCUT2D eigenvalue weighted by Gasteiger charge is -2.10. The summed E-state index contributed by atoms with van der Waals surface area (Å²) in [5.74, 6) is 1.23. The molecule has 0 saturated carbocycles. The van der Waals surface area contributed by atoms with Gasteiger partial charge in [-0.15, -0.1) is 0 Å². The predicted octanol–water partition coefficient (Wildman–Crippen LogP) is 4.19. The van der Waals surface area contributed by atoms with Gasteiger partial charge < -0.3 is 16.0 Å². The van der Waals surface area contributed by atoms with Crippen molar-refractivity contribution in [2.75, 3.05) is 23.0 Å². The Hall–Kier alpha value is -2.93. The molecule has 0 bridgehead atoms. The Morgan fingerprint density at radius 3 is 2.33 bits per heavy atom. The van der Waals surface area contributed by atoms with E-state index in [9.17, 15) is 4.39 Å². The van der Waals surface area contributed by atoms with Gasteiger partial charge in [-0.3, -0.25) is 0 Å². The molecule has 24 heavy (non-hydrogen) atoms. The van der Waals surface area contributed by atoms with E-state index in [4.69, 9.17) is 11.6 Å². The second-order valence-electron chi connectivity index (χ2n) is 4.83. The van der Waals surface area contributed by atoms with Gasteiger partial charge in [0, 0.05) is 12.7 Å². The number of aromatic nitrogens is 3. The molecule has 0 fully saturated rings. The maximum atomic E-state index is 13.0. The van der Waals surface area contributed by atoms with Gasteiger partial charge in [0.15, 0.2) is 5.82 Å². The maximum Gasteiger partial charge on any atom is 0.229 e. The summed E-state index contributed by atoms with van der Waals surface area (Å²) in [6.07, 6.45) is 3.15. The molecule has 0 aliphatic rings. The minimum absolute atomic E-state index is 0.311. The summed E-state index contributed by atoms with van der Waals surface area (Å²) in [4.78, 5) is 12.7. The highest BCUT2D eigenvalue weighted by atomic mass is 35.5. The number of rotatable bonds is 5. The molecule has 2 aromatic heterocycles. The zero-order valence-corrected chi connectivity index (χ0v) is 13.5. The molecule has 2 heterocycles. The third kappa shape index (κ3) is 3.88. The van der Waals surface area contributed by atoms with Gasteiger partial charge >= 0.3 is 0 Å². The van der Waals surface area contributed by atoms with E-state index >= 15 is 0 Å². The molecule has 0 aliphatic carbocycles. The molecule has 3 aromatic rings. The first-order valence-electron chi connectivity index (χ1n) is 7.10. The fraction of sp³-hybridized carbons (Fsp3) is 0.0625. The van der Waals surface area contributed by atoms with Gasteiger partial charge in [0.25, 0.3) is 0 Å². The second kappa shape index (κ2) is 7.10. The lowest BCUT2D eigenvalue weighted by molar-refractivity contribution is 0.628. The summed E-state index contributed by atoms with van der Waals surface area (Å²) in [5.41, 5.74) is 1.41. The molecule has 0 unspecified atom stereocenters. The Morgan fingerprint density at radius 2 is 1.67 bits per heavy atom. The van der Waals surface area contributed by atoms with Gasteiger partial charge in [-0.1, -0.05) is 11.6 Å². The number of anilines is 5. The van der Waals surface area contributed by atoms with Crippen LogP contribution in [0.5, 0.6) is 0 Å². The quantitative estimate of drug-likeness (QED) is 0.644. The number of hydrogen-bond donors (Lipinski definition) is 3. The van der Waals surface area contributed by atoms with Crippen molar-refractivity contribution in [1.29, 1.82) is 0 Å². The molecule has 3 N–H and O–H groups in total. The van der Waals surface area contributed by atoms with E-state index < -0.39 is 0 Å². The fourth-order valence-electron chi connectivity index (χ4n) is 1.93. The molecule has 1 aromatic carbocycles. The van der Waals surface area contributed by atoms with Gasteiger partial charge in [-0.25, -0.2) is 14.4 Å². The van der Waals surface area contributed by atoms with Crippen molar-refractivity contribution in [1.82, 2.24) is 15.0 Å². The Labute approximate surface area is 143 Å². The van der Waals surface area contributed by atoms with Crippen LogP contribution >= 0.6 is 11.6 Å². The van der Waals surface area contributed by atoms with Crippen LogP contribution < -0.4 is 16.0 Å². The standard InChI is InChI=1S/C16H14ClFN6/c1-19-14-7-6-12(8-20-14)23-16-21-9-13(17)15(24-16)22-11-4-2-10(18)3-5-11/h2-9H,1H3,(H,19,20)(H2,21,22,23,24). The van der Waals surface area contributed by atoms with Crippen LogP contribution in [0.3, 0.4) is 0 Å². The minimum atomic E-state index is -0.311. The Morgan fingerprint density at radius 1 is 0.917 bits per heavy atom. The summed E-state index contributed by atoms with van der Waals surface area (Å²) >= 11 is 6.11. The van der Waals surface area contributed by atoms with Crippen molar-refractivity contribution >= 4 is 40.6 Å². The smallest absolute Gasteiger partial charge is 0.229 e. The third-order valence-electron chi connectivity index (χ3n) is 3.13. The van der Waals surface area contributed by atoms with E-state index in [0.29, 0.717) is 22.5 Å². The van der Waals surface area contributed by atoms with Crippen molar-refractivity contribution in [2.45, 2.75) is 0 Å². The van der Waals surface area contributed by atoms with Gasteiger partial charge in [0.2, 0.25) is 5.95 Å². The SMILES string of the molecule is CNc1ccc(Nc2ncc(Cl)c(Nc3ccc(F)cc3)n2)cn1. The van der Waals surface area contributed by atoms with Crippen molar-refractivity contribution in [3.8, 4) is 0 Å². The van der Waals surface area contributed by atoms with Crippen LogP contribution in [0, 0.1) is 5.82 Å². The van der Waals surface area contributed by atoms with Gasteiger partial charge in [0.05, 0.1) is 18.1 Å². The monoisotopic (exact) mass is 344 g/mol. The highest BCUT2D eigenvalue weighted by Gasteiger charge is 2.07. The molecule has 0 radical (unpaired) electrons. The second-order valence-corrected chi connectivity index (χ2v) is 5.24. The molecule has 0 atom stereocenters. The zero-order valence-electron chi connectivity index (χ0n) is 12.7. The molecule has 0 saturated heterocycles. The third-order valence-corrected chi connectivity index (χ3v) is 3.40. The summed E-state index contributed by atoms with van der Waals surface area (Å²) in [7, 11) is 1.80. The summed E-state index contributed by atoms with van der Waals surface area (Å²) < 4.78 is 13.0. The average Bonchev–Trinajstić information content (AvgIpc) is 2.60. The maximum absolute atomic E-state index is 13.0. The van der Waals surface area contributed by atoms with E-state index in [1.807, 2.05) is 12.1 Å². The number of benzene rings is 1. The van der Waals surface area contributed by atoms with Crippen molar-refractivity contribution in [3.63, 3.8) is 0 Å². The van der Waals surface area contributed by atoms with E-state index in [1.165, 1.54) is 18.3 Å². The fourth-order valence-corrected chi connectivity index (χ4v) is 2.07. The number of nitrogens with zero attached hydrogens (tertiary/aromatic N) is 3. The van der Waals surface area contributed by atoms with Crippen LogP contribution in [0.15, 0.2) is 48.8 Å². The number of pyridine rings is 1. The first-order chi connectivity index (χ1) is 11.6. The zero-order chi connectivity index (χ0) is 16.9. The average molecular weight is 345 g/mol. The van der Waals surface area contributed by atoms with E-state index in [0.717, 1.165) is 11.5 Å². The summed E-state index contributed by atoms with van der Waals surface area (Å²) in [5, 5.41) is 9.37. The molecule has 122 valence electrons. The van der Waals surface area contributed by atoms with Crippen LogP contribution in [-0.2, 0) is 0 Å². The van der Waals surface area contributed by atoms with Crippen LogP contribution in [-0.4, -0.2) is 22.0 Å². The first kappa shape index (κ1) is 15.9. The van der Waals surface area contributed by atoms with Crippen molar-refractivity contribution < 1.29 is 4.39 Å². The number of nitrogens with one attached hydrogen (secondary N) is 3. The Bertz CT molecular complexity index is 823. The molecular weight excluding hydrogens is 331 g/mol. The largest absolute Gasteiger partial charge is 0.373 e. The van der Waals surface area contributed by atoms with E-state index in [2.05, 4.69) is 30.9 Å². The van der Waals surface area contributed by atoms with Crippen LogP contribution in [0.2, 0.25) is 5.02 Å². The highest BCUT2D eigenvalue weighted by Crippen LogP contribution is 2.25. The van der Waals surface area contributed by atoms with Gasteiger partial charge in [0.1, 0.15) is 16.7 Å². The first-order valence-corrected chi connectivity index (χ1v) is 7.48. The van der Waals surface area contributed by atoms with Crippen LogP contribution in [0.1, 0.15) is 0 Å². The minimum Gasteiger partial charge on any atom is -0.373 e. The number of halogens is 2. The highest BCUT2D eigenvalue weighted by molar-refractivity contribution is 6.32. The van der Waals surface area contributed by atoms with Crippen molar-refractivity contribution in [3.05, 3.63) is 59.6 Å². The molecular formula is C16H14ClFN6. The van der Waals surface area contributed by atoms with E-state index in [1.54, 1.807) is 25.4 Å². The molecule has 8 heteroatoms. The van der Waals surface area contributed by atoms with Gasteiger partial charge in [-0.05, 0) is 36.4 Å². The molecule has 3 rings (SSSR count). The Balaban J connectivity index is 1.78. The summed E-state index contributed by atoms with van der Waals surface area (Å²) in [6, 6.07) is 9.58. The topological polar surface area (TPSA) is 74.8 Å². The van der Waals surface area contributed by atoms with Gasteiger partial charge in [-0.2, -0.15) is 4.98 Å². The van der Waals surface area contributed by atoms with Crippen molar-refractivity contribution in [2.24, 2.45) is 0 Å². The molecule has 6 nitrogen and oxygen atoms in total. The normalized spacial score (nSPS) is 10.3. The lowest BCUT2D eigenvalue weighted by Crippen LogP contribution is -2.02. The molecule has 0 amide bonds. The summed E-state index contributed by atoms with van der Waals surface area (Å²) in [6.45, 7) is 0. The van der Waals surface area contributed by atoms with Crippen LogP contribution in [0.4, 0.5) is 33.3 Å². The predicted molar refractivity (Wildman–Crippen MR) is 93.8 cm³/mol. The Kier molecular flexibility index (Phi) is 4.72. The molecule has 0 spiro atoms. The lowest BCUT2D eigenvalue weighted by atomic mass is 10.3. The number of hydrogen-bond acceptors (Lipinski definition) is 6. The van der Waals surface area contributed by atoms with Crippen LogP contribution in [0.25, 0.3) is 0 Å².